The predicted molar refractivity (Wildman–Crippen MR) is 160 cm³/mol. The first-order chi connectivity index (χ1) is 19.3. The third-order valence-corrected chi connectivity index (χ3v) is 6.87. The molecule has 0 bridgehead atoms. The van der Waals surface area contributed by atoms with Crippen LogP contribution in [0.4, 0.5) is 10.5 Å². The minimum atomic E-state index is -0.816. The SMILES string of the molecule is C=CCc1ccccc1OCCOc1c(Br)cc(C=C2C(=O)NC(=O)N(c3ccc(Br)cc3)C2=O)cc1OCC. The van der Waals surface area contributed by atoms with Crippen molar-refractivity contribution in [3.8, 4) is 17.2 Å². The lowest BCUT2D eigenvalue weighted by Gasteiger charge is -2.26. The Morgan fingerprint density at radius 2 is 1.65 bits per heavy atom. The van der Waals surface area contributed by atoms with E-state index in [-0.39, 0.29) is 12.2 Å². The number of ether oxygens (including phenoxy) is 3. The number of nitrogens with zero attached hydrogens (tertiary/aromatic N) is 1. The molecule has 0 spiro atoms. The van der Waals surface area contributed by atoms with Crippen LogP contribution in [0, 0.1) is 0 Å². The zero-order valence-corrected chi connectivity index (χ0v) is 24.8. The number of carbonyl (C=O) groups is 3. The third kappa shape index (κ3) is 6.81. The van der Waals surface area contributed by atoms with Gasteiger partial charge < -0.3 is 14.2 Å². The number of allylic oxidation sites excluding steroid dienone is 1. The molecule has 206 valence electrons. The van der Waals surface area contributed by atoms with Crippen molar-refractivity contribution in [2.45, 2.75) is 13.3 Å². The number of imide groups is 2. The van der Waals surface area contributed by atoms with Gasteiger partial charge in [-0.25, -0.2) is 9.69 Å². The number of barbiturate groups is 1. The molecule has 1 saturated heterocycles. The van der Waals surface area contributed by atoms with Crippen LogP contribution >= 0.6 is 31.9 Å². The first-order valence-corrected chi connectivity index (χ1v) is 14.0. The molecule has 1 N–H and O–H groups in total. The van der Waals surface area contributed by atoms with Crippen LogP contribution in [0.5, 0.6) is 17.2 Å². The number of para-hydroxylation sites is 1. The summed E-state index contributed by atoms with van der Waals surface area (Å²) in [7, 11) is 0. The number of hydrogen-bond acceptors (Lipinski definition) is 6. The molecule has 1 aliphatic heterocycles. The summed E-state index contributed by atoms with van der Waals surface area (Å²) < 4.78 is 19.0. The molecule has 1 fully saturated rings. The number of nitrogens with one attached hydrogen (secondary N) is 1. The molecule has 0 atom stereocenters. The number of urea groups is 1. The highest BCUT2D eigenvalue weighted by molar-refractivity contribution is 9.10. The molecule has 0 aromatic heterocycles. The van der Waals surface area contributed by atoms with E-state index in [4.69, 9.17) is 14.2 Å². The summed E-state index contributed by atoms with van der Waals surface area (Å²) in [5.74, 6) is 0.118. The maximum absolute atomic E-state index is 13.2. The molecule has 1 aliphatic rings. The molecule has 4 amide bonds. The smallest absolute Gasteiger partial charge is 0.335 e. The molecule has 3 aromatic carbocycles. The first-order valence-electron chi connectivity index (χ1n) is 12.4. The van der Waals surface area contributed by atoms with Gasteiger partial charge in [0.05, 0.1) is 16.8 Å². The molecular weight excluding hydrogens is 644 g/mol. The Bertz CT molecular complexity index is 1470. The average molecular weight is 670 g/mol. The van der Waals surface area contributed by atoms with Crippen molar-refractivity contribution in [1.29, 1.82) is 0 Å². The zero-order valence-electron chi connectivity index (χ0n) is 21.6. The number of anilines is 1. The second-order valence-electron chi connectivity index (χ2n) is 8.49. The Morgan fingerprint density at radius 3 is 2.38 bits per heavy atom. The van der Waals surface area contributed by atoms with Gasteiger partial charge >= 0.3 is 6.03 Å². The van der Waals surface area contributed by atoms with Crippen LogP contribution in [0.2, 0.25) is 0 Å². The summed E-state index contributed by atoms with van der Waals surface area (Å²) in [5.41, 5.74) is 1.67. The summed E-state index contributed by atoms with van der Waals surface area (Å²) in [6, 6.07) is 16.9. The van der Waals surface area contributed by atoms with Gasteiger partial charge in [0.15, 0.2) is 11.5 Å². The van der Waals surface area contributed by atoms with E-state index in [2.05, 4.69) is 43.8 Å². The van der Waals surface area contributed by atoms with Gasteiger partial charge in [-0.1, -0.05) is 40.2 Å². The molecule has 40 heavy (non-hydrogen) atoms. The van der Waals surface area contributed by atoms with Crippen LogP contribution in [0.25, 0.3) is 6.08 Å². The molecule has 1 heterocycles. The quantitative estimate of drug-likeness (QED) is 0.109. The van der Waals surface area contributed by atoms with Gasteiger partial charge in [-0.3, -0.25) is 14.9 Å². The zero-order chi connectivity index (χ0) is 28.6. The Labute approximate surface area is 248 Å². The lowest BCUT2D eigenvalue weighted by Crippen LogP contribution is -2.54. The van der Waals surface area contributed by atoms with Crippen LogP contribution in [0.15, 0.2) is 87.8 Å². The molecule has 10 heteroatoms. The van der Waals surface area contributed by atoms with Gasteiger partial charge in [0.1, 0.15) is 24.5 Å². The average Bonchev–Trinajstić information content (AvgIpc) is 2.92. The van der Waals surface area contributed by atoms with Gasteiger partial charge in [0.2, 0.25) is 0 Å². The van der Waals surface area contributed by atoms with Crippen molar-refractivity contribution in [3.63, 3.8) is 0 Å². The molecular formula is C30H26Br2N2O6. The summed E-state index contributed by atoms with van der Waals surface area (Å²) in [6.45, 7) is 6.52. The fourth-order valence-electron chi connectivity index (χ4n) is 3.99. The van der Waals surface area contributed by atoms with E-state index in [9.17, 15) is 14.4 Å². The van der Waals surface area contributed by atoms with Crippen molar-refractivity contribution < 1.29 is 28.6 Å². The topological polar surface area (TPSA) is 94.2 Å². The first kappa shape index (κ1) is 29.1. The van der Waals surface area contributed by atoms with E-state index in [1.54, 1.807) is 36.4 Å². The maximum Gasteiger partial charge on any atom is 0.335 e. The Morgan fingerprint density at radius 1 is 0.925 bits per heavy atom. The van der Waals surface area contributed by atoms with Crippen LogP contribution < -0.4 is 24.4 Å². The minimum Gasteiger partial charge on any atom is -0.490 e. The molecule has 8 nitrogen and oxygen atoms in total. The molecule has 0 aliphatic carbocycles. The van der Waals surface area contributed by atoms with Crippen LogP contribution in [0.3, 0.4) is 0 Å². The third-order valence-electron chi connectivity index (χ3n) is 5.75. The van der Waals surface area contributed by atoms with Gasteiger partial charge in [0, 0.05) is 4.47 Å². The lowest BCUT2D eigenvalue weighted by molar-refractivity contribution is -0.122. The molecule has 0 radical (unpaired) electrons. The number of hydrogen-bond donors (Lipinski definition) is 1. The fraction of sp³-hybridized carbons (Fsp3) is 0.167. The number of amides is 4. The molecule has 0 saturated carbocycles. The number of carbonyl (C=O) groups excluding carboxylic acids is 3. The molecule has 4 rings (SSSR count). The highest BCUT2D eigenvalue weighted by atomic mass is 79.9. The van der Waals surface area contributed by atoms with Gasteiger partial charge in [0.25, 0.3) is 11.8 Å². The van der Waals surface area contributed by atoms with E-state index in [0.29, 0.717) is 46.9 Å². The van der Waals surface area contributed by atoms with Crippen molar-refractivity contribution in [3.05, 3.63) is 99.0 Å². The van der Waals surface area contributed by atoms with E-state index in [0.717, 1.165) is 20.7 Å². The normalized spacial score (nSPS) is 14.2. The summed E-state index contributed by atoms with van der Waals surface area (Å²) >= 11 is 6.85. The van der Waals surface area contributed by atoms with Gasteiger partial charge in [-0.15, -0.1) is 6.58 Å². The number of rotatable bonds is 11. The van der Waals surface area contributed by atoms with E-state index in [1.165, 1.54) is 6.08 Å². The fourth-order valence-corrected chi connectivity index (χ4v) is 4.83. The monoisotopic (exact) mass is 668 g/mol. The molecule has 3 aromatic rings. The van der Waals surface area contributed by atoms with Gasteiger partial charge in [-0.05, 0) is 88.9 Å². The summed E-state index contributed by atoms with van der Waals surface area (Å²) in [5, 5.41) is 2.23. The Balaban J connectivity index is 1.53. The summed E-state index contributed by atoms with van der Waals surface area (Å²) in [4.78, 5) is 39.3. The standard InChI is InChI=1S/C30H26Br2N2O6/c1-3-7-20-8-5-6-9-25(20)39-14-15-40-27-24(32)17-19(18-26(27)38-4-2)16-23-28(35)33-30(37)34(29(23)36)22-12-10-21(31)11-13-22/h3,5-6,8-13,16-18H,1,4,7,14-15H2,2H3,(H,33,35,37). The Kier molecular flexibility index (Phi) is 9.79. The highest BCUT2D eigenvalue weighted by Gasteiger charge is 2.36. The van der Waals surface area contributed by atoms with Crippen LogP contribution in [0.1, 0.15) is 18.1 Å². The summed E-state index contributed by atoms with van der Waals surface area (Å²) in [6.07, 6.45) is 3.93. The second kappa shape index (κ2) is 13.5. The Hall–Kier alpha value is -3.89. The minimum absolute atomic E-state index is 0.197. The van der Waals surface area contributed by atoms with Crippen molar-refractivity contribution in [2.75, 3.05) is 24.7 Å². The largest absolute Gasteiger partial charge is 0.490 e. The van der Waals surface area contributed by atoms with Crippen LogP contribution in [-0.4, -0.2) is 37.7 Å². The van der Waals surface area contributed by atoms with Crippen LogP contribution in [-0.2, 0) is 16.0 Å². The highest BCUT2D eigenvalue weighted by Crippen LogP contribution is 2.38. The second-order valence-corrected chi connectivity index (χ2v) is 10.3. The van der Waals surface area contributed by atoms with E-state index < -0.39 is 17.8 Å². The van der Waals surface area contributed by atoms with E-state index >= 15 is 0 Å². The van der Waals surface area contributed by atoms with Crippen molar-refractivity contribution >= 4 is 61.5 Å². The number of halogens is 2. The van der Waals surface area contributed by atoms with Gasteiger partial charge in [-0.2, -0.15) is 0 Å². The number of benzene rings is 3. The molecule has 0 unspecified atom stereocenters. The maximum atomic E-state index is 13.2. The lowest BCUT2D eigenvalue weighted by atomic mass is 10.1. The predicted octanol–water partition coefficient (Wildman–Crippen LogP) is 6.46. The van der Waals surface area contributed by atoms with Crippen molar-refractivity contribution in [2.24, 2.45) is 0 Å². The van der Waals surface area contributed by atoms with E-state index in [1.807, 2.05) is 37.3 Å². The van der Waals surface area contributed by atoms with Crippen molar-refractivity contribution in [1.82, 2.24) is 5.32 Å².